The summed E-state index contributed by atoms with van der Waals surface area (Å²) in [4.78, 5) is 26.3. The molecule has 1 fully saturated rings. The van der Waals surface area contributed by atoms with E-state index in [1.807, 2.05) is 31.2 Å². The van der Waals surface area contributed by atoms with Crippen LogP contribution < -0.4 is 15.1 Å². The van der Waals surface area contributed by atoms with Crippen LogP contribution in [0.25, 0.3) is 11.0 Å². The first-order valence-electron chi connectivity index (χ1n) is 11.2. The number of rotatable bonds is 5. The molecular formula is C25H27N7O. The zero-order valence-electron chi connectivity index (χ0n) is 18.9. The fourth-order valence-corrected chi connectivity index (χ4v) is 4.22. The standard InChI is InChI=1S/C25H27N7O/c1-18-8-9-20(14-19(18)2)29-23(33)16-32-25-22(15-28-32)24(26-17-27-25)31-12-10-30(11-13-31)21-6-4-3-5-7-21/h3-9,14-15,17H,10-13,16H2,1-2H3,(H,29,33). The van der Waals surface area contributed by atoms with E-state index in [0.29, 0.717) is 5.65 Å². The number of piperazine rings is 1. The van der Waals surface area contributed by atoms with Gasteiger partial charge in [0.15, 0.2) is 5.65 Å². The molecule has 8 nitrogen and oxygen atoms in total. The van der Waals surface area contributed by atoms with E-state index in [0.717, 1.165) is 48.6 Å². The number of nitrogens with zero attached hydrogens (tertiary/aromatic N) is 6. The maximum absolute atomic E-state index is 12.6. The van der Waals surface area contributed by atoms with Crippen LogP contribution in [0, 0.1) is 13.8 Å². The second-order valence-electron chi connectivity index (χ2n) is 8.39. The molecule has 3 heterocycles. The Labute approximate surface area is 192 Å². The molecule has 8 heteroatoms. The largest absolute Gasteiger partial charge is 0.368 e. The van der Waals surface area contributed by atoms with Crippen molar-refractivity contribution in [3.63, 3.8) is 0 Å². The molecule has 168 valence electrons. The quantitative estimate of drug-likeness (QED) is 0.511. The predicted octanol–water partition coefficient (Wildman–Crippen LogP) is 3.41. The summed E-state index contributed by atoms with van der Waals surface area (Å²) in [6, 6.07) is 16.4. The minimum absolute atomic E-state index is 0.0919. The maximum Gasteiger partial charge on any atom is 0.246 e. The van der Waals surface area contributed by atoms with Gasteiger partial charge >= 0.3 is 0 Å². The number of benzene rings is 2. The van der Waals surface area contributed by atoms with Crippen molar-refractivity contribution in [2.45, 2.75) is 20.4 Å². The molecule has 0 radical (unpaired) electrons. The van der Waals surface area contributed by atoms with Gasteiger partial charge in [-0.3, -0.25) is 4.79 Å². The zero-order valence-corrected chi connectivity index (χ0v) is 18.9. The molecule has 4 aromatic rings. The van der Waals surface area contributed by atoms with Crippen LogP contribution in [0.3, 0.4) is 0 Å². The van der Waals surface area contributed by atoms with Crippen molar-refractivity contribution in [3.05, 3.63) is 72.2 Å². The molecule has 1 saturated heterocycles. The SMILES string of the molecule is Cc1ccc(NC(=O)Cn2ncc3c(N4CCN(c5ccccc5)CC4)ncnc32)cc1C. The molecular weight excluding hydrogens is 414 g/mol. The lowest BCUT2D eigenvalue weighted by molar-refractivity contribution is -0.116. The molecule has 0 bridgehead atoms. The van der Waals surface area contributed by atoms with Crippen molar-refractivity contribution >= 4 is 34.1 Å². The van der Waals surface area contributed by atoms with Crippen LogP contribution in [0.15, 0.2) is 61.1 Å². The second kappa shape index (κ2) is 8.90. The number of anilines is 3. The molecule has 0 aliphatic carbocycles. The van der Waals surface area contributed by atoms with E-state index in [4.69, 9.17) is 0 Å². The Kier molecular flexibility index (Phi) is 5.64. The monoisotopic (exact) mass is 441 g/mol. The smallest absolute Gasteiger partial charge is 0.246 e. The van der Waals surface area contributed by atoms with E-state index < -0.39 is 0 Å². The Bertz CT molecular complexity index is 1280. The molecule has 2 aromatic heterocycles. The highest BCUT2D eigenvalue weighted by molar-refractivity contribution is 5.92. The molecule has 0 saturated carbocycles. The first-order chi connectivity index (χ1) is 16.1. The van der Waals surface area contributed by atoms with Crippen LogP contribution in [-0.2, 0) is 11.3 Å². The Hall–Kier alpha value is -3.94. The van der Waals surface area contributed by atoms with Crippen molar-refractivity contribution in [2.24, 2.45) is 0 Å². The van der Waals surface area contributed by atoms with Gasteiger partial charge in [0.1, 0.15) is 18.7 Å². The van der Waals surface area contributed by atoms with Gasteiger partial charge in [-0.1, -0.05) is 24.3 Å². The Balaban J connectivity index is 1.29. The van der Waals surface area contributed by atoms with Crippen LogP contribution in [-0.4, -0.2) is 51.8 Å². The molecule has 1 N–H and O–H groups in total. The first-order valence-corrected chi connectivity index (χ1v) is 11.2. The molecule has 1 aliphatic rings. The number of carbonyl (C=O) groups excluding carboxylic acids is 1. The highest BCUT2D eigenvalue weighted by Gasteiger charge is 2.22. The predicted molar refractivity (Wildman–Crippen MR) is 131 cm³/mol. The summed E-state index contributed by atoms with van der Waals surface area (Å²) in [6.07, 6.45) is 3.32. The molecule has 1 amide bonds. The Morgan fingerprint density at radius 1 is 0.939 bits per heavy atom. The van der Waals surface area contributed by atoms with Gasteiger partial charge in [-0.2, -0.15) is 5.10 Å². The van der Waals surface area contributed by atoms with Crippen LogP contribution in [0.5, 0.6) is 0 Å². The Morgan fingerprint density at radius 2 is 1.70 bits per heavy atom. The van der Waals surface area contributed by atoms with E-state index in [-0.39, 0.29) is 12.5 Å². The van der Waals surface area contributed by atoms with Crippen LogP contribution >= 0.6 is 0 Å². The average molecular weight is 442 g/mol. The molecule has 0 unspecified atom stereocenters. The van der Waals surface area contributed by atoms with E-state index in [1.54, 1.807) is 17.2 Å². The number of nitrogens with one attached hydrogen (secondary N) is 1. The number of amides is 1. The summed E-state index contributed by atoms with van der Waals surface area (Å²) < 4.78 is 1.64. The summed E-state index contributed by atoms with van der Waals surface area (Å²) in [5, 5.41) is 8.26. The summed E-state index contributed by atoms with van der Waals surface area (Å²) in [6.45, 7) is 7.73. The maximum atomic E-state index is 12.6. The number of para-hydroxylation sites is 1. The van der Waals surface area contributed by atoms with Gasteiger partial charge in [-0.05, 0) is 49.2 Å². The number of fused-ring (bicyclic) bond motifs is 1. The van der Waals surface area contributed by atoms with Crippen LogP contribution in [0.4, 0.5) is 17.2 Å². The zero-order chi connectivity index (χ0) is 22.8. The molecule has 1 aliphatic heterocycles. The van der Waals surface area contributed by atoms with Crippen molar-refractivity contribution in [1.29, 1.82) is 0 Å². The van der Waals surface area contributed by atoms with Gasteiger partial charge in [-0.15, -0.1) is 0 Å². The molecule has 0 atom stereocenters. The van der Waals surface area contributed by atoms with Crippen molar-refractivity contribution in [3.8, 4) is 0 Å². The van der Waals surface area contributed by atoms with Crippen molar-refractivity contribution < 1.29 is 4.79 Å². The van der Waals surface area contributed by atoms with Crippen LogP contribution in [0.2, 0.25) is 0 Å². The minimum atomic E-state index is -0.139. The average Bonchev–Trinajstić information content (AvgIpc) is 3.25. The fourth-order valence-electron chi connectivity index (χ4n) is 4.22. The van der Waals surface area contributed by atoms with E-state index in [2.05, 4.69) is 61.4 Å². The van der Waals surface area contributed by atoms with Gasteiger partial charge in [0.05, 0.1) is 11.6 Å². The highest BCUT2D eigenvalue weighted by atomic mass is 16.2. The van der Waals surface area contributed by atoms with Gasteiger partial charge in [0.2, 0.25) is 5.91 Å². The van der Waals surface area contributed by atoms with Gasteiger partial charge in [0, 0.05) is 37.6 Å². The topological polar surface area (TPSA) is 79.2 Å². The lowest BCUT2D eigenvalue weighted by atomic mass is 10.1. The summed E-state index contributed by atoms with van der Waals surface area (Å²) >= 11 is 0. The molecule has 0 spiro atoms. The third kappa shape index (κ3) is 4.37. The lowest BCUT2D eigenvalue weighted by Crippen LogP contribution is -2.46. The summed E-state index contributed by atoms with van der Waals surface area (Å²) in [7, 11) is 0. The Morgan fingerprint density at radius 3 is 2.45 bits per heavy atom. The third-order valence-electron chi connectivity index (χ3n) is 6.20. The summed E-state index contributed by atoms with van der Waals surface area (Å²) in [5.74, 6) is 0.730. The number of hydrogen-bond acceptors (Lipinski definition) is 6. The molecule has 33 heavy (non-hydrogen) atoms. The fraction of sp³-hybridized carbons (Fsp3) is 0.280. The first kappa shape index (κ1) is 20.9. The lowest BCUT2D eigenvalue weighted by Gasteiger charge is -2.36. The normalized spacial score (nSPS) is 14.0. The van der Waals surface area contributed by atoms with Gasteiger partial charge in [0.25, 0.3) is 0 Å². The van der Waals surface area contributed by atoms with E-state index in [9.17, 15) is 4.79 Å². The van der Waals surface area contributed by atoms with E-state index in [1.165, 1.54) is 11.3 Å². The number of hydrogen-bond donors (Lipinski definition) is 1. The summed E-state index contributed by atoms with van der Waals surface area (Å²) in [5.41, 5.74) is 5.03. The molecule has 2 aromatic carbocycles. The van der Waals surface area contributed by atoms with Crippen LogP contribution in [0.1, 0.15) is 11.1 Å². The van der Waals surface area contributed by atoms with Crippen molar-refractivity contribution in [2.75, 3.05) is 41.3 Å². The highest BCUT2D eigenvalue weighted by Crippen LogP contribution is 2.25. The van der Waals surface area contributed by atoms with Gasteiger partial charge < -0.3 is 15.1 Å². The number of aryl methyl sites for hydroxylation is 2. The van der Waals surface area contributed by atoms with Gasteiger partial charge in [-0.25, -0.2) is 14.6 Å². The third-order valence-corrected chi connectivity index (χ3v) is 6.20. The number of aromatic nitrogens is 4. The van der Waals surface area contributed by atoms with E-state index >= 15 is 0 Å². The second-order valence-corrected chi connectivity index (χ2v) is 8.39. The molecule has 5 rings (SSSR count). The number of carbonyl (C=O) groups is 1. The van der Waals surface area contributed by atoms with Crippen molar-refractivity contribution in [1.82, 2.24) is 19.7 Å². The minimum Gasteiger partial charge on any atom is -0.368 e.